The fourth-order valence-corrected chi connectivity index (χ4v) is 3.34. The summed E-state index contributed by atoms with van der Waals surface area (Å²) in [7, 11) is 1.26. The largest absolute Gasteiger partial charge is 0.497 e. The van der Waals surface area contributed by atoms with E-state index >= 15 is 0 Å². The highest BCUT2D eigenvalue weighted by Gasteiger charge is 2.35. The van der Waals surface area contributed by atoms with E-state index in [9.17, 15) is 23.1 Å². The average Bonchev–Trinajstić information content (AvgIpc) is 2.47. The number of hydrogen-bond acceptors (Lipinski definition) is 4. The number of halogens is 3. The topological polar surface area (TPSA) is 49.8 Å². The van der Waals surface area contributed by atoms with Gasteiger partial charge >= 0.3 is 12.1 Å². The van der Waals surface area contributed by atoms with E-state index in [1.165, 1.54) is 13.2 Å². The maximum Gasteiger partial charge on any atom is 0.416 e. The van der Waals surface area contributed by atoms with Crippen molar-refractivity contribution in [3.8, 4) is 5.75 Å². The Labute approximate surface area is 130 Å². The Morgan fingerprint density at radius 2 is 1.95 bits per heavy atom. The van der Waals surface area contributed by atoms with E-state index < -0.39 is 23.8 Å². The first-order chi connectivity index (χ1) is 10.3. The summed E-state index contributed by atoms with van der Waals surface area (Å²) < 4.78 is 43.8. The number of aliphatic carboxylic acids is 1. The first-order valence-corrected chi connectivity index (χ1v) is 7.79. The van der Waals surface area contributed by atoms with E-state index in [0.29, 0.717) is 13.1 Å². The van der Waals surface area contributed by atoms with Gasteiger partial charge in [-0.05, 0) is 23.8 Å². The van der Waals surface area contributed by atoms with Gasteiger partial charge in [-0.2, -0.15) is 24.9 Å². The van der Waals surface area contributed by atoms with Gasteiger partial charge in [0.15, 0.2) is 0 Å². The third-order valence-electron chi connectivity index (χ3n) is 3.45. The van der Waals surface area contributed by atoms with Crippen LogP contribution in [0.5, 0.6) is 5.75 Å². The van der Waals surface area contributed by atoms with Gasteiger partial charge in [-0.3, -0.25) is 9.69 Å². The molecule has 8 heteroatoms. The standard InChI is InChI=1S/C14H16F3NO3S/c1-21-11-7-9(6-10(8-11)14(15,16)17)12(13(19)20)18-2-4-22-5-3-18/h6-8,12H,2-5H2,1H3,(H,19,20)/t12-/m0/s1. The van der Waals surface area contributed by atoms with E-state index in [0.717, 1.165) is 23.6 Å². The highest BCUT2D eigenvalue weighted by atomic mass is 32.2. The highest BCUT2D eigenvalue weighted by molar-refractivity contribution is 7.99. The predicted octanol–water partition coefficient (Wildman–Crippen LogP) is 2.89. The molecular formula is C14H16F3NO3S. The summed E-state index contributed by atoms with van der Waals surface area (Å²) in [6.07, 6.45) is -4.55. The number of benzene rings is 1. The van der Waals surface area contributed by atoms with Crippen LogP contribution in [0.3, 0.4) is 0 Å². The molecule has 1 N–H and O–H groups in total. The Hall–Kier alpha value is -1.41. The molecule has 1 heterocycles. The predicted molar refractivity (Wildman–Crippen MR) is 77.3 cm³/mol. The SMILES string of the molecule is COc1cc([C@@H](C(=O)O)N2CCSCC2)cc(C(F)(F)F)c1. The molecule has 0 radical (unpaired) electrons. The first-order valence-electron chi connectivity index (χ1n) is 6.63. The highest BCUT2D eigenvalue weighted by Crippen LogP contribution is 2.35. The minimum absolute atomic E-state index is 0.00228. The van der Waals surface area contributed by atoms with Crippen LogP contribution in [0.2, 0.25) is 0 Å². The molecule has 0 spiro atoms. The van der Waals surface area contributed by atoms with Crippen molar-refractivity contribution in [3.63, 3.8) is 0 Å². The summed E-state index contributed by atoms with van der Waals surface area (Å²) in [5, 5.41) is 9.47. The molecule has 0 amide bonds. The monoisotopic (exact) mass is 335 g/mol. The molecule has 2 rings (SSSR count). The average molecular weight is 335 g/mol. The fraction of sp³-hybridized carbons (Fsp3) is 0.500. The molecule has 1 aromatic carbocycles. The Bertz CT molecular complexity index is 545. The van der Waals surface area contributed by atoms with Crippen LogP contribution in [0.15, 0.2) is 18.2 Å². The van der Waals surface area contributed by atoms with E-state index in [4.69, 9.17) is 4.74 Å². The van der Waals surface area contributed by atoms with Crippen LogP contribution in [0.1, 0.15) is 17.2 Å². The second kappa shape index (κ2) is 6.78. The molecule has 1 aliphatic rings. The van der Waals surface area contributed by atoms with Crippen LogP contribution in [-0.4, -0.2) is 47.7 Å². The zero-order chi connectivity index (χ0) is 16.3. The van der Waals surface area contributed by atoms with Gasteiger partial charge in [0.1, 0.15) is 11.8 Å². The molecule has 1 atom stereocenters. The summed E-state index contributed by atoms with van der Waals surface area (Å²) in [5.41, 5.74) is -0.814. The molecule has 1 aliphatic heterocycles. The molecule has 0 saturated carbocycles. The third kappa shape index (κ3) is 3.86. The summed E-state index contributed by atoms with van der Waals surface area (Å²) in [6, 6.07) is 2.02. The van der Waals surface area contributed by atoms with Crippen molar-refractivity contribution in [1.82, 2.24) is 4.90 Å². The third-order valence-corrected chi connectivity index (χ3v) is 4.39. The normalized spacial score (nSPS) is 18.0. The molecule has 1 aromatic rings. The van der Waals surface area contributed by atoms with Crippen molar-refractivity contribution < 1.29 is 27.8 Å². The molecule has 22 heavy (non-hydrogen) atoms. The lowest BCUT2D eigenvalue weighted by molar-refractivity contribution is -0.144. The Kier molecular flexibility index (Phi) is 5.23. The van der Waals surface area contributed by atoms with Gasteiger partial charge in [0, 0.05) is 24.6 Å². The van der Waals surface area contributed by atoms with Gasteiger partial charge in [0.05, 0.1) is 12.7 Å². The lowest BCUT2D eigenvalue weighted by Crippen LogP contribution is -2.39. The molecule has 1 fully saturated rings. The summed E-state index contributed by atoms with van der Waals surface area (Å²) >= 11 is 1.70. The van der Waals surface area contributed by atoms with Gasteiger partial charge in [-0.1, -0.05) is 0 Å². The van der Waals surface area contributed by atoms with Crippen molar-refractivity contribution >= 4 is 17.7 Å². The summed E-state index contributed by atoms with van der Waals surface area (Å²) in [4.78, 5) is 13.3. The number of nitrogens with zero attached hydrogens (tertiary/aromatic N) is 1. The van der Waals surface area contributed by atoms with Gasteiger partial charge in [0.2, 0.25) is 0 Å². The van der Waals surface area contributed by atoms with Crippen LogP contribution in [0, 0.1) is 0 Å². The lowest BCUT2D eigenvalue weighted by Gasteiger charge is -2.32. The number of carboxylic acids is 1. The molecule has 4 nitrogen and oxygen atoms in total. The number of hydrogen-bond donors (Lipinski definition) is 1. The Morgan fingerprint density at radius 3 is 2.45 bits per heavy atom. The van der Waals surface area contributed by atoms with E-state index in [-0.39, 0.29) is 11.3 Å². The number of thioether (sulfide) groups is 1. The van der Waals surface area contributed by atoms with E-state index in [1.807, 2.05) is 0 Å². The molecular weight excluding hydrogens is 319 g/mol. The van der Waals surface area contributed by atoms with Crippen LogP contribution >= 0.6 is 11.8 Å². The number of alkyl halides is 3. The quantitative estimate of drug-likeness (QED) is 0.917. The van der Waals surface area contributed by atoms with Crippen molar-refractivity contribution in [2.75, 3.05) is 31.7 Å². The van der Waals surface area contributed by atoms with Crippen LogP contribution < -0.4 is 4.74 Å². The number of rotatable bonds is 4. The maximum absolute atomic E-state index is 13.0. The number of carboxylic acid groups (broad SMARTS) is 1. The van der Waals surface area contributed by atoms with Gasteiger partial charge < -0.3 is 9.84 Å². The Balaban J connectivity index is 2.44. The second-order valence-electron chi connectivity index (χ2n) is 4.88. The van der Waals surface area contributed by atoms with Crippen molar-refractivity contribution in [2.24, 2.45) is 0 Å². The van der Waals surface area contributed by atoms with Gasteiger partial charge in [-0.25, -0.2) is 0 Å². The van der Waals surface area contributed by atoms with Crippen LogP contribution in [-0.2, 0) is 11.0 Å². The zero-order valence-corrected chi connectivity index (χ0v) is 12.7. The van der Waals surface area contributed by atoms with E-state index in [2.05, 4.69) is 0 Å². The van der Waals surface area contributed by atoms with Crippen LogP contribution in [0.25, 0.3) is 0 Å². The van der Waals surface area contributed by atoms with Crippen LogP contribution in [0.4, 0.5) is 13.2 Å². The van der Waals surface area contributed by atoms with Crippen molar-refractivity contribution in [2.45, 2.75) is 12.2 Å². The van der Waals surface area contributed by atoms with Gasteiger partial charge in [0.25, 0.3) is 0 Å². The lowest BCUT2D eigenvalue weighted by atomic mass is 10.0. The maximum atomic E-state index is 13.0. The van der Waals surface area contributed by atoms with E-state index in [1.54, 1.807) is 16.7 Å². The smallest absolute Gasteiger partial charge is 0.416 e. The summed E-state index contributed by atoms with van der Waals surface area (Å²) in [5.74, 6) is 0.371. The molecule has 0 bridgehead atoms. The molecule has 0 aromatic heterocycles. The molecule has 122 valence electrons. The zero-order valence-electron chi connectivity index (χ0n) is 11.9. The molecule has 0 aliphatic carbocycles. The minimum Gasteiger partial charge on any atom is -0.497 e. The summed E-state index contributed by atoms with van der Waals surface area (Å²) in [6.45, 7) is 1.06. The Morgan fingerprint density at radius 1 is 1.32 bits per heavy atom. The number of carbonyl (C=O) groups is 1. The fourth-order valence-electron chi connectivity index (χ4n) is 2.41. The van der Waals surface area contributed by atoms with Crippen molar-refractivity contribution in [3.05, 3.63) is 29.3 Å². The minimum atomic E-state index is -4.55. The number of methoxy groups -OCH3 is 1. The second-order valence-corrected chi connectivity index (χ2v) is 6.11. The molecule has 1 saturated heterocycles. The van der Waals surface area contributed by atoms with Gasteiger partial charge in [-0.15, -0.1) is 0 Å². The molecule has 0 unspecified atom stereocenters. The van der Waals surface area contributed by atoms with Crippen molar-refractivity contribution in [1.29, 1.82) is 0 Å². The number of ether oxygens (including phenoxy) is 1. The first kappa shape index (κ1) is 17.0.